The highest BCUT2D eigenvalue weighted by atomic mass is 16.6. The van der Waals surface area contributed by atoms with Gasteiger partial charge in [0.15, 0.2) is 0 Å². The Bertz CT molecular complexity index is 511. The molecule has 0 radical (unpaired) electrons. The van der Waals surface area contributed by atoms with E-state index in [9.17, 15) is 9.59 Å². The lowest BCUT2D eigenvalue weighted by Crippen LogP contribution is -2.52. The fourth-order valence-electron chi connectivity index (χ4n) is 2.25. The van der Waals surface area contributed by atoms with E-state index < -0.39 is 29.7 Å². The molecule has 6 heteroatoms. The predicted molar refractivity (Wildman–Crippen MR) is 88.4 cm³/mol. The maximum atomic E-state index is 12.1. The Morgan fingerprint density at radius 3 is 2.26 bits per heavy atom. The Hall–Kier alpha value is -2.08. The zero-order chi connectivity index (χ0) is 17.5. The molecule has 0 saturated carbocycles. The molecule has 2 atom stereocenters. The number of carbonyl (C=O) groups excluding carboxylic acids is 1. The van der Waals surface area contributed by atoms with Crippen molar-refractivity contribution in [2.24, 2.45) is 0 Å². The van der Waals surface area contributed by atoms with Gasteiger partial charge in [0, 0.05) is 6.04 Å². The fraction of sp³-hybridized carbons (Fsp3) is 0.529. The van der Waals surface area contributed by atoms with Crippen molar-refractivity contribution in [1.82, 2.24) is 10.6 Å². The van der Waals surface area contributed by atoms with Crippen LogP contribution in [0.15, 0.2) is 30.3 Å². The molecule has 1 aromatic rings. The Labute approximate surface area is 137 Å². The van der Waals surface area contributed by atoms with Crippen molar-refractivity contribution in [2.45, 2.75) is 51.3 Å². The Balaban J connectivity index is 2.86. The number of carboxylic acids is 1. The summed E-state index contributed by atoms with van der Waals surface area (Å²) >= 11 is 0. The largest absolute Gasteiger partial charge is 0.481 e. The zero-order valence-corrected chi connectivity index (χ0v) is 14.1. The maximum absolute atomic E-state index is 12.1. The van der Waals surface area contributed by atoms with Gasteiger partial charge in [0.25, 0.3) is 0 Å². The summed E-state index contributed by atoms with van der Waals surface area (Å²) in [5, 5.41) is 14.8. The first kappa shape index (κ1) is 19.0. The van der Waals surface area contributed by atoms with Crippen LogP contribution in [0.5, 0.6) is 0 Å². The van der Waals surface area contributed by atoms with Crippen molar-refractivity contribution < 1.29 is 19.4 Å². The van der Waals surface area contributed by atoms with Crippen LogP contribution in [0.2, 0.25) is 0 Å². The van der Waals surface area contributed by atoms with E-state index in [-0.39, 0.29) is 6.42 Å². The van der Waals surface area contributed by atoms with Crippen molar-refractivity contribution in [3.05, 3.63) is 35.9 Å². The lowest BCUT2D eigenvalue weighted by molar-refractivity contribution is -0.137. The predicted octanol–water partition coefficient (Wildman–Crippen LogP) is 2.19. The molecule has 0 aliphatic carbocycles. The van der Waals surface area contributed by atoms with Crippen molar-refractivity contribution in [3.63, 3.8) is 0 Å². The Kier molecular flexibility index (Phi) is 7.03. The van der Waals surface area contributed by atoms with E-state index in [0.29, 0.717) is 6.42 Å². The van der Waals surface area contributed by atoms with Gasteiger partial charge in [0.1, 0.15) is 5.60 Å². The van der Waals surface area contributed by atoms with E-state index in [2.05, 4.69) is 10.6 Å². The number of carboxylic acid groups (broad SMARTS) is 1. The third-order valence-corrected chi connectivity index (χ3v) is 3.25. The molecule has 0 heterocycles. The van der Waals surface area contributed by atoms with Crippen molar-refractivity contribution in [3.8, 4) is 0 Å². The molecule has 0 unspecified atom stereocenters. The van der Waals surface area contributed by atoms with Crippen LogP contribution in [0.1, 0.15) is 32.8 Å². The summed E-state index contributed by atoms with van der Waals surface area (Å²) in [4.78, 5) is 23.1. The number of ether oxygens (including phenoxy) is 1. The number of alkyl carbamates (subject to hydrolysis) is 1. The molecule has 0 aliphatic heterocycles. The van der Waals surface area contributed by atoms with Gasteiger partial charge in [-0.2, -0.15) is 0 Å². The fourth-order valence-corrected chi connectivity index (χ4v) is 2.25. The number of hydrogen-bond acceptors (Lipinski definition) is 4. The second-order valence-corrected chi connectivity index (χ2v) is 6.44. The number of aliphatic carboxylic acids is 1. The van der Waals surface area contributed by atoms with Crippen LogP contribution in [0.4, 0.5) is 4.79 Å². The van der Waals surface area contributed by atoms with Gasteiger partial charge in [0.05, 0.1) is 12.5 Å². The van der Waals surface area contributed by atoms with Crippen LogP contribution in [0.25, 0.3) is 0 Å². The highest BCUT2D eigenvalue weighted by Crippen LogP contribution is 2.11. The van der Waals surface area contributed by atoms with Gasteiger partial charge in [-0.25, -0.2) is 4.79 Å². The van der Waals surface area contributed by atoms with Gasteiger partial charge in [-0.05, 0) is 39.8 Å². The summed E-state index contributed by atoms with van der Waals surface area (Å²) in [6.45, 7) is 5.35. The minimum atomic E-state index is -0.923. The van der Waals surface area contributed by atoms with E-state index in [4.69, 9.17) is 9.84 Å². The van der Waals surface area contributed by atoms with Crippen LogP contribution in [0, 0.1) is 0 Å². The van der Waals surface area contributed by atoms with Crippen LogP contribution in [-0.4, -0.2) is 41.9 Å². The molecule has 1 rings (SSSR count). The number of likely N-dealkylation sites (N-methyl/N-ethyl adjacent to an activating group) is 1. The van der Waals surface area contributed by atoms with Gasteiger partial charge in [0.2, 0.25) is 0 Å². The number of hydrogen-bond donors (Lipinski definition) is 3. The van der Waals surface area contributed by atoms with Crippen LogP contribution in [0.3, 0.4) is 0 Å². The van der Waals surface area contributed by atoms with Gasteiger partial charge in [-0.15, -0.1) is 0 Å². The third kappa shape index (κ3) is 7.65. The normalized spacial score (nSPS) is 13.9. The van der Waals surface area contributed by atoms with E-state index in [1.807, 2.05) is 30.3 Å². The van der Waals surface area contributed by atoms with Crippen LogP contribution < -0.4 is 10.6 Å². The second-order valence-electron chi connectivity index (χ2n) is 6.44. The van der Waals surface area contributed by atoms with E-state index >= 15 is 0 Å². The minimum Gasteiger partial charge on any atom is -0.481 e. The molecule has 0 fully saturated rings. The third-order valence-electron chi connectivity index (χ3n) is 3.25. The first-order valence-electron chi connectivity index (χ1n) is 7.64. The highest BCUT2D eigenvalue weighted by molar-refractivity contribution is 5.70. The molecule has 23 heavy (non-hydrogen) atoms. The Morgan fingerprint density at radius 2 is 1.78 bits per heavy atom. The molecule has 0 aliphatic rings. The molecule has 0 aromatic heterocycles. The average Bonchev–Trinajstić information content (AvgIpc) is 2.43. The summed E-state index contributed by atoms with van der Waals surface area (Å²) < 4.78 is 5.28. The Morgan fingerprint density at radius 1 is 1.17 bits per heavy atom. The SMILES string of the molecule is CN[C@H](CC(=O)O)[C@H](Cc1ccccc1)NC(=O)OC(C)(C)C. The molecule has 0 saturated heterocycles. The minimum absolute atomic E-state index is 0.0935. The van der Waals surface area contributed by atoms with Crippen molar-refractivity contribution in [2.75, 3.05) is 7.05 Å². The molecule has 128 valence electrons. The molecule has 1 aromatic carbocycles. The van der Waals surface area contributed by atoms with Gasteiger partial charge < -0.3 is 20.5 Å². The number of rotatable bonds is 7. The van der Waals surface area contributed by atoms with Crippen molar-refractivity contribution in [1.29, 1.82) is 0 Å². The van der Waals surface area contributed by atoms with Crippen LogP contribution >= 0.6 is 0 Å². The van der Waals surface area contributed by atoms with Gasteiger partial charge >= 0.3 is 12.1 Å². The molecule has 6 nitrogen and oxygen atoms in total. The maximum Gasteiger partial charge on any atom is 0.407 e. The van der Waals surface area contributed by atoms with Gasteiger partial charge in [-0.1, -0.05) is 30.3 Å². The van der Waals surface area contributed by atoms with Crippen LogP contribution in [-0.2, 0) is 16.0 Å². The molecule has 0 bridgehead atoms. The lowest BCUT2D eigenvalue weighted by Gasteiger charge is -2.28. The monoisotopic (exact) mass is 322 g/mol. The molecule has 3 N–H and O–H groups in total. The smallest absolute Gasteiger partial charge is 0.407 e. The zero-order valence-electron chi connectivity index (χ0n) is 14.1. The molecule has 1 amide bonds. The average molecular weight is 322 g/mol. The number of benzene rings is 1. The van der Waals surface area contributed by atoms with E-state index in [1.165, 1.54) is 0 Å². The molecular weight excluding hydrogens is 296 g/mol. The topological polar surface area (TPSA) is 87.7 Å². The number of carbonyl (C=O) groups is 2. The number of nitrogens with one attached hydrogen (secondary N) is 2. The quantitative estimate of drug-likeness (QED) is 0.716. The summed E-state index contributed by atoms with van der Waals surface area (Å²) in [6.07, 6.45) is -0.132. The molecular formula is C17H26N2O4. The van der Waals surface area contributed by atoms with Crippen molar-refractivity contribution >= 4 is 12.1 Å². The summed E-state index contributed by atoms with van der Waals surface area (Å²) in [5.74, 6) is -0.923. The highest BCUT2D eigenvalue weighted by Gasteiger charge is 2.26. The lowest BCUT2D eigenvalue weighted by atomic mass is 9.97. The number of amides is 1. The standard InChI is InChI=1S/C17H26N2O4/c1-17(2,3)23-16(22)19-14(13(18-4)11-15(20)21)10-12-8-6-5-7-9-12/h5-9,13-14,18H,10-11H2,1-4H3,(H,19,22)(H,20,21)/t13-,14+/m1/s1. The first-order valence-corrected chi connectivity index (χ1v) is 7.64. The van der Waals surface area contributed by atoms with E-state index in [0.717, 1.165) is 5.56 Å². The first-order chi connectivity index (χ1) is 10.7. The van der Waals surface area contributed by atoms with Gasteiger partial charge in [-0.3, -0.25) is 4.79 Å². The van der Waals surface area contributed by atoms with E-state index in [1.54, 1.807) is 27.8 Å². The summed E-state index contributed by atoms with van der Waals surface area (Å²) in [7, 11) is 1.68. The summed E-state index contributed by atoms with van der Waals surface area (Å²) in [5.41, 5.74) is 0.405. The second kappa shape index (κ2) is 8.53. The molecule has 0 spiro atoms. The summed E-state index contributed by atoms with van der Waals surface area (Å²) in [6, 6.07) is 8.81.